The number of hydrogen-bond donors (Lipinski definition) is 2. The molecule has 3 nitrogen and oxygen atoms in total. The van der Waals surface area contributed by atoms with E-state index in [4.69, 9.17) is 10.2 Å². The molecular weight excluding hydrogens is 222 g/mol. The summed E-state index contributed by atoms with van der Waals surface area (Å²) in [5, 5.41) is 3.06. The fourth-order valence-electron chi connectivity index (χ4n) is 1.05. The van der Waals surface area contributed by atoms with Crippen molar-refractivity contribution in [2.75, 3.05) is 13.1 Å². The third kappa shape index (κ3) is 5.15. The van der Waals surface area contributed by atoms with Crippen LogP contribution in [0, 0.1) is 0 Å². The summed E-state index contributed by atoms with van der Waals surface area (Å²) in [7, 11) is 0. The Morgan fingerprint density at radius 2 is 2.13 bits per heavy atom. The van der Waals surface area contributed by atoms with Crippen molar-refractivity contribution in [2.45, 2.75) is 18.1 Å². The van der Waals surface area contributed by atoms with Gasteiger partial charge in [0.2, 0.25) is 0 Å². The van der Waals surface area contributed by atoms with Gasteiger partial charge in [0, 0.05) is 13.1 Å². The summed E-state index contributed by atoms with van der Waals surface area (Å²) in [6, 6.07) is 3.50. The second-order valence-corrected chi connectivity index (χ2v) is 3.88. The Hall–Kier alpha value is -0.590. The Morgan fingerprint density at radius 3 is 2.80 bits per heavy atom. The fourth-order valence-corrected chi connectivity index (χ4v) is 1.50. The van der Waals surface area contributed by atoms with Crippen LogP contribution in [0.4, 0.5) is 8.78 Å². The van der Waals surface area contributed by atoms with Crippen LogP contribution in [0.2, 0.25) is 0 Å². The van der Waals surface area contributed by atoms with Crippen LogP contribution in [0.15, 0.2) is 16.5 Å². The van der Waals surface area contributed by atoms with Gasteiger partial charge in [0.15, 0.2) is 0 Å². The van der Waals surface area contributed by atoms with Crippen molar-refractivity contribution in [3.63, 3.8) is 0 Å². The molecule has 0 aromatic carbocycles. The molecule has 0 radical (unpaired) electrons. The molecule has 1 heterocycles. The number of furan rings is 1. The predicted molar refractivity (Wildman–Crippen MR) is 56.8 cm³/mol. The van der Waals surface area contributed by atoms with Crippen LogP contribution in [-0.2, 0) is 12.3 Å². The smallest absolute Gasteiger partial charge is 0.284 e. The summed E-state index contributed by atoms with van der Waals surface area (Å²) in [4.78, 5) is 0. The van der Waals surface area contributed by atoms with Crippen LogP contribution < -0.4 is 11.1 Å². The van der Waals surface area contributed by atoms with Crippen molar-refractivity contribution in [1.29, 1.82) is 0 Å². The average molecular weight is 236 g/mol. The molecule has 86 valence electrons. The zero-order chi connectivity index (χ0) is 11.1. The minimum Gasteiger partial charge on any atom is -0.464 e. The van der Waals surface area contributed by atoms with E-state index < -0.39 is 5.76 Å². The van der Waals surface area contributed by atoms with Gasteiger partial charge in [-0.1, -0.05) is 11.8 Å². The van der Waals surface area contributed by atoms with E-state index in [-0.39, 0.29) is 5.75 Å². The maximum atomic E-state index is 11.9. The van der Waals surface area contributed by atoms with Crippen LogP contribution >= 0.6 is 11.8 Å². The second-order valence-electron chi connectivity index (χ2n) is 2.91. The lowest BCUT2D eigenvalue weighted by Gasteiger charge is -1.99. The highest BCUT2D eigenvalue weighted by molar-refractivity contribution is 7.98. The number of nitrogens with two attached hydrogens (primary N) is 1. The quantitative estimate of drug-likeness (QED) is 0.709. The molecule has 1 rings (SSSR count). The number of rotatable bonds is 7. The summed E-state index contributed by atoms with van der Waals surface area (Å²) >= 11 is 0.559. The molecule has 15 heavy (non-hydrogen) atoms. The van der Waals surface area contributed by atoms with E-state index in [0.717, 1.165) is 5.76 Å². The minimum absolute atomic E-state index is 0.203. The number of halogens is 2. The highest BCUT2D eigenvalue weighted by atomic mass is 32.2. The summed E-state index contributed by atoms with van der Waals surface area (Å²) in [6.45, 7) is 1.85. The Labute approximate surface area is 91.4 Å². The van der Waals surface area contributed by atoms with Gasteiger partial charge in [-0.15, -0.1) is 0 Å². The lowest BCUT2D eigenvalue weighted by Crippen LogP contribution is -2.21. The Kier molecular flexibility index (Phi) is 5.67. The van der Waals surface area contributed by atoms with Gasteiger partial charge in [-0.05, 0) is 12.1 Å². The minimum atomic E-state index is -2.35. The van der Waals surface area contributed by atoms with Gasteiger partial charge in [-0.2, -0.15) is 8.78 Å². The largest absolute Gasteiger partial charge is 0.464 e. The van der Waals surface area contributed by atoms with Gasteiger partial charge in [0.05, 0.1) is 12.3 Å². The van der Waals surface area contributed by atoms with Crippen molar-refractivity contribution >= 4 is 11.8 Å². The van der Waals surface area contributed by atoms with Crippen LogP contribution in [0.5, 0.6) is 0 Å². The molecule has 0 saturated heterocycles. The molecule has 0 amide bonds. The lowest BCUT2D eigenvalue weighted by atomic mass is 10.4. The molecule has 0 aliphatic rings. The Morgan fingerprint density at radius 1 is 1.40 bits per heavy atom. The SMILES string of the molecule is NCCNCc1ccc(CSC(F)F)o1. The van der Waals surface area contributed by atoms with Crippen molar-refractivity contribution in [3.8, 4) is 0 Å². The second kappa shape index (κ2) is 6.81. The van der Waals surface area contributed by atoms with Gasteiger partial charge >= 0.3 is 0 Å². The van der Waals surface area contributed by atoms with Gasteiger partial charge in [-0.3, -0.25) is 0 Å². The van der Waals surface area contributed by atoms with Crippen LogP contribution in [-0.4, -0.2) is 18.8 Å². The maximum Gasteiger partial charge on any atom is 0.284 e. The van der Waals surface area contributed by atoms with Crippen LogP contribution in [0.25, 0.3) is 0 Å². The Balaban J connectivity index is 2.29. The normalized spacial score (nSPS) is 11.2. The fraction of sp³-hybridized carbons (Fsp3) is 0.556. The molecule has 0 saturated carbocycles. The van der Waals surface area contributed by atoms with Crippen molar-refractivity contribution in [1.82, 2.24) is 5.32 Å². The molecule has 0 fully saturated rings. The maximum absolute atomic E-state index is 11.9. The highest BCUT2D eigenvalue weighted by Gasteiger charge is 2.06. The van der Waals surface area contributed by atoms with Gasteiger partial charge in [0.1, 0.15) is 11.5 Å². The third-order valence-electron chi connectivity index (χ3n) is 1.69. The summed E-state index contributed by atoms with van der Waals surface area (Å²) < 4.78 is 29.1. The first-order valence-corrected chi connectivity index (χ1v) is 5.65. The average Bonchev–Trinajstić information content (AvgIpc) is 2.63. The molecule has 1 aromatic rings. The molecule has 1 aromatic heterocycles. The summed E-state index contributed by atoms with van der Waals surface area (Å²) in [5.74, 6) is -0.832. The highest BCUT2D eigenvalue weighted by Crippen LogP contribution is 2.21. The molecule has 3 N–H and O–H groups in total. The summed E-state index contributed by atoms with van der Waals surface area (Å²) in [5.41, 5.74) is 5.30. The van der Waals surface area contributed by atoms with Crippen molar-refractivity contribution in [3.05, 3.63) is 23.7 Å². The van der Waals surface area contributed by atoms with Gasteiger partial charge < -0.3 is 15.5 Å². The molecule has 0 spiro atoms. The van der Waals surface area contributed by atoms with E-state index in [0.29, 0.717) is 37.2 Å². The number of nitrogens with one attached hydrogen (secondary N) is 1. The monoisotopic (exact) mass is 236 g/mol. The molecule has 0 aliphatic heterocycles. The van der Waals surface area contributed by atoms with Crippen LogP contribution in [0.1, 0.15) is 11.5 Å². The van der Waals surface area contributed by atoms with E-state index in [1.54, 1.807) is 12.1 Å². The topological polar surface area (TPSA) is 51.2 Å². The first kappa shape index (κ1) is 12.5. The van der Waals surface area contributed by atoms with Gasteiger partial charge in [0.25, 0.3) is 5.76 Å². The molecule has 0 bridgehead atoms. The predicted octanol–water partition coefficient (Wildman–Crippen LogP) is 1.78. The first-order valence-electron chi connectivity index (χ1n) is 4.60. The molecule has 6 heteroatoms. The zero-order valence-corrected chi connectivity index (χ0v) is 9.03. The van der Waals surface area contributed by atoms with Gasteiger partial charge in [-0.25, -0.2) is 0 Å². The number of alkyl halides is 2. The molecule has 0 aliphatic carbocycles. The standard InChI is InChI=1S/C9H14F2N2OS/c10-9(11)15-6-8-2-1-7(14-8)5-13-4-3-12/h1-2,9,13H,3-6,12H2. The Bertz CT molecular complexity index is 281. The summed E-state index contributed by atoms with van der Waals surface area (Å²) in [6.07, 6.45) is 0. The molecular formula is C9H14F2N2OS. The molecule has 0 unspecified atom stereocenters. The number of thioether (sulfide) groups is 1. The van der Waals surface area contributed by atoms with E-state index in [1.807, 2.05) is 0 Å². The van der Waals surface area contributed by atoms with E-state index in [9.17, 15) is 8.78 Å². The van der Waals surface area contributed by atoms with E-state index >= 15 is 0 Å². The molecule has 0 atom stereocenters. The lowest BCUT2D eigenvalue weighted by molar-refractivity contribution is 0.251. The van der Waals surface area contributed by atoms with E-state index in [1.165, 1.54) is 0 Å². The van der Waals surface area contributed by atoms with E-state index in [2.05, 4.69) is 5.32 Å². The number of hydrogen-bond acceptors (Lipinski definition) is 4. The first-order chi connectivity index (χ1) is 7.22. The van der Waals surface area contributed by atoms with Crippen molar-refractivity contribution < 1.29 is 13.2 Å². The third-order valence-corrected chi connectivity index (χ3v) is 2.39. The van der Waals surface area contributed by atoms with Crippen molar-refractivity contribution in [2.24, 2.45) is 5.73 Å². The zero-order valence-electron chi connectivity index (χ0n) is 8.21. The van der Waals surface area contributed by atoms with Crippen LogP contribution in [0.3, 0.4) is 0 Å².